The summed E-state index contributed by atoms with van der Waals surface area (Å²) in [4.78, 5) is 11.7. The van der Waals surface area contributed by atoms with E-state index in [0.717, 1.165) is 13.0 Å². The average Bonchev–Trinajstić information content (AvgIpc) is 2.37. The highest BCUT2D eigenvalue weighted by Gasteiger charge is 2.02. The maximum Gasteiger partial charge on any atom is 0.146 e. The van der Waals surface area contributed by atoms with Crippen LogP contribution in [-0.2, 0) is 11.3 Å². The largest absolute Gasteiger partial charge is 0.306 e. The van der Waals surface area contributed by atoms with Crippen molar-refractivity contribution in [1.29, 1.82) is 0 Å². The van der Waals surface area contributed by atoms with Crippen molar-refractivity contribution >= 4 is 5.78 Å². The first-order valence-corrected chi connectivity index (χ1v) is 6.49. The Balaban J connectivity index is 2.20. The fourth-order valence-corrected chi connectivity index (χ4v) is 1.61. The summed E-state index contributed by atoms with van der Waals surface area (Å²) >= 11 is 0. The first-order valence-electron chi connectivity index (χ1n) is 6.49. The maximum absolute atomic E-state index is 11.7. The molecule has 0 radical (unpaired) electrons. The zero-order valence-electron chi connectivity index (χ0n) is 11.6. The molecule has 0 aliphatic heterocycles. The molecule has 1 N–H and O–H groups in total. The van der Waals surface area contributed by atoms with Crippen LogP contribution in [0.15, 0.2) is 41.5 Å². The molecule has 18 heavy (non-hydrogen) atoms. The standard InChI is InChI=1S/C16H23NO/c1-13(2)14(3)9-10-16(18)12-17-11-15-7-5-4-6-8-15/h4-8,17H,9-12H2,1-3H3. The molecular formula is C16H23NO. The minimum atomic E-state index is 0.284. The first kappa shape index (κ1) is 14.7. The number of nitrogens with one attached hydrogen (secondary N) is 1. The van der Waals surface area contributed by atoms with E-state index in [-0.39, 0.29) is 5.78 Å². The van der Waals surface area contributed by atoms with Gasteiger partial charge in [-0.1, -0.05) is 41.5 Å². The lowest BCUT2D eigenvalue weighted by Gasteiger charge is -2.05. The molecule has 0 saturated heterocycles. The lowest BCUT2D eigenvalue weighted by molar-refractivity contribution is -0.118. The topological polar surface area (TPSA) is 29.1 Å². The molecule has 2 nitrogen and oxygen atoms in total. The highest BCUT2D eigenvalue weighted by atomic mass is 16.1. The third kappa shape index (κ3) is 5.78. The van der Waals surface area contributed by atoms with Crippen LogP contribution < -0.4 is 5.32 Å². The number of rotatable bonds is 7. The van der Waals surface area contributed by atoms with Gasteiger partial charge in [-0.25, -0.2) is 0 Å². The molecule has 0 aliphatic carbocycles. The second-order valence-corrected chi connectivity index (χ2v) is 4.91. The molecule has 0 unspecified atom stereocenters. The monoisotopic (exact) mass is 245 g/mol. The van der Waals surface area contributed by atoms with Gasteiger partial charge in [0, 0.05) is 13.0 Å². The number of carbonyl (C=O) groups is 1. The van der Waals surface area contributed by atoms with Gasteiger partial charge in [0.15, 0.2) is 0 Å². The molecule has 2 heteroatoms. The van der Waals surface area contributed by atoms with Crippen molar-refractivity contribution in [3.05, 3.63) is 47.0 Å². The highest BCUT2D eigenvalue weighted by molar-refractivity contribution is 5.80. The maximum atomic E-state index is 11.7. The number of allylic oxidation sites excluding steroid dienone is 2. The van der Waals surface area contributed by atoms with Crippen LogP contribution >= 0.6 is 0 Å². The summed E-state index contributed by atoms with van der Waals surface area (Å²) in [6.07, 6.45) is 1.52. The number of ketones is 1. The van der Waals surface area contributed by atoms with Crippen LogP contribution in [-0.4, -0.2) is 12.3 Å². The van der Waals surface area contributed by atoms with E-state index in [4.69, 9.17) is 0 Å². The molecule has 1 rings (SSSR count). The predicted molar refractivity (Wildman–Crippen MR) is 76.4 cm³/mol. The minimum Gasteiger partial charge on any atom is -0.306 e. The van der Waals surface area contributed by atoms with Gasteiger partial charge in [0.25, 0.3) is 0 Å². The Bertz CT molecular complexity index is 402. The summed E-state index contributed by atoms with van der Waals surface area (Å²) in [6.45, 7) is 7.50. The number of hydrogen-bond acceptors (Lipinski definition) is 2. The highest BCUT2D eigenvalue weighted by Crippen LogP contribution is 2.09. The van der Waals surface area contributed by atoms with E-state index in [0.29, 0.717) is 13.0 Å². The second kappa shape index (κ2) is 7.83. The van der Waals surface area contributed by atoms with Gasteiger partial charge >= 0.3 is 0 Å². The van der Waals surface area contributed by atoms with Gasteiger partial charge in [-0.05, 0) is 32.8 Å². The lowest BCUT2D eigenvalue weighted by atomic mass is 10.1. The number of hydrogen-bond donors (Lipinski definition) is 1. The summed E-state index contributed by atoms with van der Waals surface area (Å²) in [5.41, 5.74) is 3.86. The van der Waals surface area contributed by atoms with Crippen molar-refractivity contribution in [2.75, 3.05) is 6.54 Å². The van der Waals surface area contributed by atoms with Gasteiger partial charge in [0.1, 0.15) is 5.78 Å². The van der Waals surface area contributed by atoms with Crippen molar-refractivity contribution in [3.8, 4) is 0 Å². The number of Topliss-reactive ketones (excluding diaryl/α,β-unsaturated/α-hetero) is 1. The van der Waals surface area contributed by atoms with Crippen molar-refractivity contribution in [3.63, 3.8) is 0 Å². The summed E-state index contributed by atoms with van der Waals surface area (Å²) < 4.78 is 0. The Morgan fingerprint density at radius 2 is 1.72 bits per heavy atom. The van der Waals surface area contributed by atoms with Crippen LogP contribution in [0, 0.1) is 0 Å². The molecule has 1 aromatic carbocycles. The Morgan fingerprint density at radius 3 is 2.33 bits per heavy atom. The Morgan fingerprint density at radius 1 is 1.06 bits per heavy atom. The van der Waals surface area contributed by atoms with Gasteiger partial charge < -0.3 is 5.32 Å². The van der Waals surface area contributed by atoms with Crippen LogP contribution in [0.4, 0.5) is 0 Å². The molecule has 1 aromatic rings. The Hall–Kier alpha value is -1.41. The average molecular weight is 245 g/mol. The van der Waals surface area contributed by atoms with Crippen molar-refractivity contribution in [2.24, 2.45) is 0 Å². The molecule has 0 bridgehead atoms. The Labute approximate surface area is 110 Å². The van der Waals surface area contributed by atoms with Crippen molar-refractivity contribution < 1.29 is 4.79 Å². The second-order valence-electron chi connectivity index (χ2n) is 4.91. The first-order chi connectivity index (χ1) is 8.59. The summed E-state index contributed by atoms with van der Waals surface area (Å²) in [6, 6.07) is 10.1. The molecule has 0 aromatic heterocycles. The van der Waals surface area contributed by atoms with Crippen LogP contribution in [0.5, 0.6) is 0 Å². The molecule has 0 amide bonds. The third-order valence-electron chi connectivity index (χ3n) is 3.13. The molecule has 98 valence electrons. The minimum absolute atomic E-state index is 0.284. The van der Waals surface area contributed by atoms with E-state index in [2.05, 4.69) is 38.2 Å². The number of benzene rings is 1. The smallest absolute Gasteiger partial charge is 0.146 e. The fraction of sp³-hybridized carbons (Fsp3) is 0.438. The van der Waals surface area contributed by atoms with Gasteiger partial charge in [0.2, 0.25) is 0 Å². The summed E-state index contributed by atoms with van der Waals surface area (Å²) in [5, 5.41) is 3.19. The van der Waals surface area contributed by atoms with Gasteiger partial charge in [0.05, 0.1) is 6.54 Å². The predicted octanol–water partition coefficient (Wildman–Crippen LogP) is 3.48. The molecule has 0 spiro atoms. The van der Waals surface area contributed by atoms with E-state index in [1.807, 2.05) is 18.2 Å². The summed E-state index contributed by atoms with van der Waals surface area (Å²) in [5.74, 6) is 0.284. The number of carbonyl (C=O) groups excluding carboxylic acids is 1. The van der Waals surface area contributed by atoms with E-state index in [9.17, 15) is 4.79 Å². The van der Waals surface area contributed by atoms with E-state index in [1.54, 1.807) is 0 Å². The molecule has 0 heterocycles. The normalized spacial score (nSPS) is 10.2. The molecule has 0 aliphatic rings. The zero-order chi connectivity index (χ0) is 13.4. The van der Waals surface area contributed by atoms with Crippen LogP contribution in [0.25, 0.3) is 0 Å². The van der Waals surface area contributed by atoms with Crippen LogP contribution in [0.2, 0.25) is 0 Å². The fourth-order valence-electron chi connectivity index (χ4n) is 1.61. The van der Waals surface area contributed by atoms with Gasteiger partial charge in [-0.2, -0.15) is 0 Å². The van der Waals surface area contributed by atoms with Crippen LogP contribution in [0.1, 0.15) is 39.2 Å². The lowest BCUT2D eigenvalue weighted by Crippen LogP contribution is -2.22. The van der Waals surface area contributed by atoms with E-state index < -0.39 is 0 Å². The SMILES string of the molecule is CC(C)=C(C)CCC(=O)CNCc1ccccc1. The van der Waals surface area contributed by atoms with Gasteiger partial charge in [-0.15, -0.1) is 0 Å². The van der Waals surface area contributed by atoms with Crippen molar-refractivity contribution in [1.82, 2.24) is 5.32 Å². The summed E-state index contributed by atoms with van der Waals surface area (Å²) in [7, 11) is 0. The molecule has 0 atom stereocenters. The molecule has 0 fully saturated rings. The van der Waals surface area contributed by atoms with E-state index in [1.165, 1.54) is 16.7 Å². The zero-order valence-corrected chi connectivity index (χ0v) is 11.6. The van der Waals surface area contributed by atoms with Gasteiger partial charge in [-0.3, -0.25) is 4.79 Å². The molecular weight excluding hydrogens is 222 g/mol. The third-order valence-corrected chi connectivity index (χ3v) is 3.13. The quantitative estimate of drug-likeness (QED) is 0.745. The molecule has 0 saturated carbocycles. The van der Waals surface area contributed by atoms with Crippen LogP contribution in [0.3, 0.4) is 0 Å². The van der Waals surface area contributed by atoms with E-state index >= 15 is 0 Å². The van der Waals surface area contributed by atoms with Crippen molar-refractivity contribution in [2.45, 2.75) is 40.2 Å². The Kier molecular flexibility index (Phi) is 6.37.